The molecule has 1 aromatic rings. The largest absolute Gasteiger partial charge is 0.478 e. The van der Waals surface area contributed by atoms with Gasteiger partial charge in [-0.3, -0.25) is 4.72 Å². The van der Waals surface area contributed by atoms with Crippen molar-refractivity contribution >= 4 is 33.5 Å². The average Bonchev–Trinajstić information content (AvgIpc) is 2.34. The van der Waals surface area contributed by atoms with Gasteiger partial charge in [-0.05, 0) is 24.6 Å². The molecule has 0 heterocycles. The first-order valence-electron chi connectivity index (χ1n) is 6.04. The Balaban J connectivity index is 2.94. The molecule has 0 fully saturated rings. The molecule has 8 heteroatoms. The lowest BCUT2D eigenvalue weighted by atomic mass is 10.2. The lowest BCUT2D eigenvalue weighted by Gasteiger charge is -2.18. The van der Waals surface area contributed by atoms with E-state index in [1.807, 2.05) is 6.92 Å². The van der Waals surface area contributed by atoms with Gasteiger partial charge in [-0.15, -0.1) is 0 Å². The quantitative estimate of drug-likeness (QED) is 0.807. The van der Waals surface area contributed by atoms with E-state index in [9.17, 15) is 13.2 Å². The first-order chi connectivity index (χ1) is 9.26. The van der Waals surface area contributed by atoms with E-state index < -0.39 is 16.2 Å². The van der Waals surface area contributed by atoms with E-state index in [1.165, 1.54) is 29.6 Å². The summed E-state index contributed by atoms with van der Waals surface area (Å²) in [6.07, 6.45) is 1.62. The van der Waals surface area contributed by atoms with Gasteiger partial charge in [-0.1, -0.05) is 24.9 Å². The molecule has 0 aliphatic heterocycles. The van der Waals surface area contributed by atoms with Crippen molar-refractivity contribution in [3.8, 4) is 0 Å². The van der Waals surface area contributed by atoms with E-state index in [2.05, 4.69) is 4.72 Å². The van der Waals surface area contributed by atoms with Gasteiger partial charge in [0.15, 0.2) is 0 Å². The van der Waals surface area contributed by atoms with Crippen molar-refractivity contribution in [3.05, 3.63) is 28.8 Å². The second kappa shape index (κ2) is 6.92. The minimum Gasteiger partial charge on any atom is -0.478 e. The van der Waals surface area contributed by atoms with Crippen molar-refractivity contribution in [1.82, 2.24) is 4.31 Å². The van der Waals surface area contributed by atoms with Crippen LogP contribution in [0.4, 0.5) is 5.69 Å². The smallest absolute Gasteiger partial charge is 0.335 e. The normalized spacial score (nSPS) is 11.6. The molecule has 0 bridgehead atoms. The topological polar surface area (TPSA) is 86.7 Å². The Morgan fingerprint density at radius 2 is 2.05 bits per heavy atom. The molecule has 0 aliphatic carbocycles. The number of rotatable bonds is 7. The molecule has 0 aromatic heterocycles. The van der Waals surface area contributed by atoms with Gasteiger partial charge >= 0.3 is 16.2 Å². The van der Waals surface area contributed by atoms with E-state index in [0.29, 0.717) is 6.54 Å². The molecule has 0 radical (unpaired) electrons. The second-order valence-corrected chi connectivity index (χ2v) is 6.53. The number of aromatic carboxylic acids is 1. The second-order valence-electron chi connectivity index (χ2n) is 4.32. The molecule has 0 aliphatic rings. The number of nitrogens with one attached hydrogen (secondary N) is 1. The van der Waals surface area contributed by atoms with Gasteiger partial charge < -0.3 is 5.11 Å². The highest BCUT2D eigenvalue weighted by atomic mass is 35.5. The van der Waals surface area contributed by atoms with Crippen LogP contribution in [0.15, 0.2) is 18.2 Å². The number of carboxylic acids is 1. The number of carbonyl (C=O) groups is 1. The summed E-state index contributed by atoms with van der Waals surface area (Å²) in [5, 5.41) is 9.06. The standard InChI is InChI=1S/C12H17ClN2O4S/c1-3-4-5-15(2)20(18,19)14-11-7-9(12(16)17)6-10(13)8-11/h6-8,14H,3-5H2,1-2H3,(H,16,17). The van der Waals surface area contributed by atoms with Gasteiger partial charge in [0.05, 0.1) is 11.3 Å². The van der Waals surface area contributed by atoms with Gasteiger partial charge in [0.2, 0.25) is 0 Å². The monoisotopic (exact) mass is 320 g/mol. The zero-order valence-corrected chi connectivity index (χ0v) is 12.8. The maximum Gasteiger partial charge on any atom is 0.335 e. The Hall–Kier alpha value is -1.31. The predicted octanol–water partition coefficient (Wildman–Crippen LogP) is 2.43. The minimum absolute atomic E-state index is 0.0774. The molecule has 0 spiro atoms. The van der Waals surface area contributed by atoms with Crippen LogP contribution in [-0.4, -0.2) is 37.4 Å². The summed E-state index contributed by atoms with van der Waals surface area (Å²) >= 11 is 5.77. The zero-order valence-electron chi connectivity index (χ0n) is 11.3. The van der Waals surface area contributed by atoms with Crippen LogP contribution >= 0.6 is 11.6 Å². The molecule has 112 valence electrons. The molecule has 0 amide bonds. The number of unbranched alkanes of at least 4 members (excludes halogenated alkanes) is 1. The predicted molar refractivity (Wildman–Crippen MR) is 78.5 cm³/mol. The average molecular weight is 321 g/mol. The molecule has 0 saturated carbocycles. The summed E-state index contributed by atoms with van der Waals surface area (Å²) in [6.45, 7) is 2.35. The SMILES string of the molecule is CCCCN(C)S(=O)(=O)Nc1cc(Cl)cc(C(=O)O)c1. The highest BCUT2D eigenvalue weighted by Gasteiger charge is 2.18. The van der Waals surface area contributed by atoms with E-state index in [1.54, 1.807) is 0 Å². The van der Waals surface area contributed by atoms with E-state index in [-0.39, 0.29) is 16.3 Å². The van der Waals surface area contributed by atoms with E-state index in [0.717, 1.165) is 12.8 Å². The fourth-order valence-corrected chi connectivity index (χ4v) is 2.68. The van der Waals surface area contributed by atoms with Crippen molar-refractivity contribution in [2.24, 2.45) is 0 Å². The third-order valence-electron chi connectivity index (χ3n) is 2.63. The minimum atomic E-state index is -3.71. The number of hydrogen-bond acceptors (Lipinski definition) is 3. The zero-order chi connectivity index (χ0) is 15.3. The third kappa shape index (κ3) is 4.66. The summed E-state index contributed by atoms with van der Waals surface area (Å²) in [7, 11) is -2.25. The first kappa shape index (κ1) is 16.7. The number of anilines is 1. The van der Waals surface area contributed by atoms with Gasteiger partial charge in [0.1, 0.15) is 0 Å². The van der Waals surface area contributed by atoms with Gasteiger partial charge in [-0.2, -0.15) is 12.7 Å². The molecule has 1 aromatic carbocycles. The Morgan fingerprint density at radius 1 is 1.40 bits per heavy atom. The van der Waals surface area contributed by atoms with Crippen molar-refractivity contribution in [2.75, 3.05) is 18.3 Å². The van der Waals surface area contributed by atoms with Crippen LogP contribution in [-0.2, 0) is 10.2 Å². The molecule has 0 unspecified atom stereocenters. The molecule has 0 atom stereocenters. The number of carboxylic acid groups (broad SMARTS) is 1. The van der Waals surface area contributed by atoms with Crippen molar-refractivity contribution in [1.29, 1.82) is 0 Å². The number of halogens is 1. The number of benzene rings is 1. The molecular weight excluding hydrogens is 304 g/mol. The number of nitrogens with zero attached hydrogens (tertiary/aromatic N) is 1. The summed E-state index contributed by atoms with van der Waals surface area (Å²) < 4.78 is 27.5. The Kier molecular flexibility index (Phi) is 5.79. The first-order valence-corrected chi connectivity index (χ1v) is 7.86. The summed E-state index contributed by atoms with van der Waals surface area (Å²) in [5.74, 6) is -1.17. The van der Waals surface area contributed by atoms with Crippen LogP contribution in [0.25, 0.3) is 0 Å². The third-order valence-corrected chi connectivity index (χ3v) is 4.34. The lowest BCUT2D eigenvalue weighted by molar-refractivity contribution is 0.0697. The van der Waals surface area contributed by atoms with Gasteiger partial charge in [0, 0.05) is 18.6 Å². The molecule has 2 N–H and O–H groups in total. The van der Waals surface area contributed by atoms with Gasteiger partial charge in [0.25, 0.3) is 0 Å². The van der Waals surface area contributed by atoms with E-state index >= 15 is 0 Å². The van der Waals surface area contributed by atoms with Crippen LogP contribution in [0.2, 0.25) is 5.02 Å². The Morgan fingerprint density at radius 3 is 2.60 bits per heavy atom. The van der Waals surface area contributed by atoms with E-state index in [4.69, 9.17) is 16.7 Å². The van der Waals surface area contributed by atoms with Crippen LogP contribution in [0.5, 0.6) is 0 Å². The maximum absolute atomic E-state index is 12.0. The summed E-state index contributed by atoms with van der Waals surface area (Å²) in [6, 6.07) is 3.83. The Labute approximate surface area is 123 Å². The number of hydrogen-bond donors (Lipinski definition) is 2. The van der Waals surface area contributed by atoms with Gasteiger partial charge in [-0.25, -0.2) is 4.79 Å². The molecular formula is C12H17ClN2O4S. The van der Waals surface area contributed by atoms with Crippen LogP contribution in [0, 0.1) is 0 Å². The van der Waals surface area contributed by atoms with Crippen LogP contribution < -0.4 is 4.72 Å². The highest BCUT2D eigenvalue weighted by molar-refractivity contribution is 7.90. The van der Waals surface area contributed by atoms with Crippen LogP contribution in [0.3, 0.4) is 0 Å². The molecule has 20 heavy (non-hydrogen) atoms. The van der Waals surface area contributed by atoms with Crippen molar-refractivity contribution in [3.63, 3.8) is 0 Å². The highest BCUT2D eigenvalue weighted by Crippen LogP contribution is 2.20. The molecule has 0 saturated heterocycles. The Bertz CT molecular complexity index is 589. The summed E-state index contributed by atoms with van der Waals surface area (Å²) in [4.78, 5) is 10.9. The fourth-order valence-electron chi connectivity index (χ4n) is 1.50. The lowest BCUT2D eigenvalue weighted by Crippen LogP contribution is -2.33. The van der Waals surface area contributed by atoms with Crippen LogP contribution in [0.1, 0.15) is 30.1 Å². The van der Waals surface area contributed by atoms with Crippen molar-refractivity contribution < 1.29 is 18.3 Å². The maximum atomic E-state index is 12.0. The van der Waals surface area contributed by atoms with Crippen molar-refractivity contribution in [2.45, 2.75) is 19.8 Å². The molecule has 6 nitrogen and oxygen atoms in total. The molecule has 1 rings (SSSR count). The summed E-state index contributed by atoms with van der Waals surface area (Å²) in [5.41, 5.74) is 0.0460. The fraction of sp³-hybridized carbons (Fsp3) is 0.417.